The second-order valence-corrected chi connectivity index (χ2v) is 5.11. The first-order valence-electron chi connectivity index (χ1n) is 6.25. The summed E-state index contributed by atoms with van der Waals surface area (Å²) in [6.07, 6.45) is 2.87. The highest BCUT2D eigenvalue weighted by atomic mass is 35.5. The summed E-state index contributed by atoms with van der Waals surface area (Å²) >= 11 is 5.92. The van der Waals surface area contributed by atoms with Gasteiger partial charge in [-0.25, -0.2) is 4.68 Å². The van der Waals surface area contributed by atoms with Gasteiger partial charge in [0.2, 0.25) is 5.91 Å². The van der Waals surface area contributed by atoms with Crippen LogP contribution in [-0.4, -0.2) is 21.5 Å². The minimum atomic E-state index is -0.0528. The number of nitrogens with one attached hydrogen (secondary N) is 1. The van der Waals surface area contributed by atoms with Crippen LogP contribution in [0.25, 0.3) is 6.20 Å². The predicted octanol–water partition coefficient (Wildman–Crippen LogP) is 2.09. The van der Waals surface area contributed by atoms with E-state index in [2.05, 4.69) is 15.4 Å². The molecule has 102 valence electrons. The number of amides is 1. The fraction of sp³-hybridized carbons (Fsp3) is 0.462. The highest BCUT2D eigenvalue weighted by molar-refractivity contribution is 6.30. The van der Waals surface area contributed by atoms with Crippen LogP contribution in [0.1, 0.15) is 37.7 Å². The van der Waals surface area contributed by atoms with E-state index in [1.165, 1.54) is 0 Å². The van der Waals surface area contributed by atoms with Crippen molar-refractivity contribution in [1.29, 1.82) is 0 Å². The van der Waals surface area contributed by atoms with Gasteiger partial charge in [0.15, 0.2) is 0 Å². The highest BCUT2D eigenvalue weighted by Crippen LogP contribution is 2.20. The number of aromatic nitrogens is 2. The molecule has 0 aliphatic carbocycles. The molecule has 1 aromatic rings. The van der Waals surface area contributed by atoms with Gasteiger partial charge in [0, 0.05) is 16.8 Å². The fourth-order valence-corrected chi connectivity index (χ4v) is 2.22. The van der Waals surface area contributed by atoms with E-state index in [4.69, 9.17) is 11.6 Å². The van der Waals surface area contributed by atoms with E-state index in [-0.39, 0.29) is 5.91 Å². The monoisotopic (exact) mass is 280 g/mol. The van der Waals surface area contributed by atoms with E-state index in [1.54, 1.807) is 24.7 Å². The Morgan fingerprint density at radius 2 is 2.32 bits per heavy atom. The number of carbonyl (C=O) groups is 1. The van der Waals surface area contributed by atoms with Crippen molar-refractivity contribution < 1.29 is 4.79 Å². The molecule has 1 amide bonds. The van der Waals surface area contributed by atoms with Crippen LogP contribution in [0.15, 0.2) is 10.0 Å². The number of allylic oxidation sites excluding steroid dienone is 1. The molecular weight excluding hydrogens is 264 g/mol. The summed E-state index contributed by atoms with van der Waals surface area (Å²) in [5.74, 6) is 0.580. The van der Waals surface area contributed by atoms with Crippen molar-refractivity contribution in [1.82, 2.24) is 15.1 Å². The largest absolute Gasteiger partial charge is 0.314 e. The van der Waals surface area contributed by atoms with Crippen molar-refractivity contribution in [3.8, 4) is 0 Å². The third-order valence-corrected chi connectivity index (χ3v) is 3.06. The molecule has 1 N–H and O–H groups in total. The number of hydrogen-bond donors (Lipinski definition) is 1. The van der Waals surface area contributed by atoms with Crippen molar-refractivity contribution in [2.45, 2.75) is 40.2 Å². The average molecular weight is 281 g/mol. The Morgan fingerprint density at radius 3 is 2.95 bits per heavy atom. The number of hydrogen-bond acceptors (Lipinski definition) is 3. The number of carbonyl (C=O) groups excluding carboxylic acids is 1. The van der Waals surface area contributed by atoms with Gasteiger partial charge in [-0.1, -0.05) is 18.5 Å². The summed E-state index contributed by atoms with van der Waals surface area (Å²) in [5.41, 5.74) is 2.82. The van der Waals surface area contributed by atoms with Gasteiger partial charge in [-0.3, -0.25) is 9.79 Å². The van der Waals surface area contributed by atoms with E-state index in [1.807, 2.05) is 6.92 Å². The predicted molar refractivity (Wildman–Crippen MR) is 76.1 cm³/mol. The normalized spacial score (nSPS) is 16.3. The molecule has 0 unspecified atom stereocenters. The van der Waals surface area contributed by atoms with E-state index in [9.17, 15) is 4.79 Å². The summed E-state index contributed by atoms with van der Waals surface area (Å²) in [5, 5.41) is 7.90. The molecule has 19 heavy (non-hydrogen) atoms. The molecule has 6 heteroatoms. The summed E-state index contributed by atoms with van der Waals surface area (Å²) in [4.78, 5) is 16.2. The average Bonchev–Trinajstić information content (AvgIpc) is 2.60. The van der Waals surface area contributed by atoms with Crippen molar-refractivity contribution in [2.24, 2.45) is 4.99 Å². The Bertz CT molecular complexity index is 567. The smallest absolute Gasteiger partial charge is 0.229 e. The lowest BCUT2D eigenvalue weighted by atomic mass is 10.1. The second kappa shape index (κ2) is 5.57. The molecule has 2 rings (SSSR count). The molecule has 0 bridgehead atoms. The van der Waals surface area contributed by atoms with Gasteiger partial charge in [-0.05, 0) is 20.3 Å². The lowest BCUT2D eigenvalue weighted by Crippen LogP contribution is -2.31. The van der Waals surface area contributed by atoms with Crippen LogP contribution in [0.3, 0.4) is 0 Å². The Kier molecular flexibility index (Phi) is 4.04. The van der Waals surface area contributed by atoms with Gasteiger partial charge in [0.25, 0.3) is 0 Å². The first-order chi connectivity index (χ1) is 9.01. The van der Waals surface area contributed by atoms with E-state index < -0.39 is 0 Å². The van der Waals surface area contributed by atoms with Gasteiger partial charge in [-0.2, -0.15) is 5.10 Å². The Labute approximate surface area is 117 Å². The lowest BCUT2D eigenvalue weighted by molar-refractivity contribution is -0.119. The van der Waals surface area contributed by atoms with Crippen LogP contribution in [-0.2, 0) is 24.2 Å². The molecule has 5 nitrogen and oxygen atoms in total. The number of aliphatic imine (C=N–C) groups is 1. The quantitative estimate of drug-likeness (QED) is 0.902. The molecule has 0 radical (unpaired) electrons. The van der Waals surface area contributed by atoms with Crippen LogP contribution in [0.2, 0.25) is 0 Å². The van der Waals surface area contributed by atoms with E-state index >= 15 is 0 Å². The van der Waals surface area contributed by atoms with E-state index in [0.29, 0.717) is 23.8 Å². The van der Waals surface area contributed by atoms with Crippen molar-refractivity contribution >= 4 is 29.5 Å². The maximum Gasteiger partial charge on any atom is 0.229 e. The molecule has 0 saturated heterocycles. The summed E-state index contributed by atoms with van der Waals surface area (Å²) in [6.45, 7) is 6.10. The maximum atomic E-state index is 11.8. The molecular formula is C13H17ClN4O. The fourth-order valence-electron chi connectivity index (χ4n) is 2.13. The molecule has 0 saturated carbocycles. The zero-order valence-corrected chi connectivity index (χ0v) is 12.1. The molecule has 1 aliphatic rings. The van der Waals surface area contributed by atoms with Crippen LogP contribution < -0.4 is 5.32 Å². The standard InChI is InChI=1S/C13H17ClN4O/c1-4-11-10-5-13(19)16-9(3)15-6-12(10)18(17-11)7-8(2)14/h7H,4-6H2,1-3H3,(H,15,16,19)/b8-7-. The summed E-state index contributed by atoms with van der Waals surface area (Å²) in [6, 6.07) is 0. The third-order valence-electron chi connectivity index (χ3n) is 2.96. The van der Waals surface area contributed by atoms with Crippen molar-refractivity contribution in [2.75, 3.05) is 0 Å². The zero-order valence-electron chi connectivity index (χ0n) is 11.3. The minimum absolute atomic E-state index is 0.0528. The molecule has 1 aromatic heterocycles. The van der Waals surface area contributed by atoms with Crippen LogP contribution in [0.4, 0.5) is 0 Å². The number of fused-ring (bicyclic) bond motifs is 1. The van der Waals surface area contributed by atoms with Gasteiger partial charge < -0.3 is 5.32 Å². The van der Waals surface area contributed by atoms with Crippen molar-refractivity contribution in [3.63, 3.8) is 0 Å². The minimum Gasteiger partial charge on any atom is -0.314 e. The van der Waals surface area contributed by atoms with Crippen molar-refractivity contribution in [3.05, 3.63) is 22.0 Å². The van der Waals surface area contributed by atoms with E-state index in [0.717, 1.165) is 23.4 Å². The molecule has 2 heterocycles. The van der Waals surface area contributed by atoms with Gasteiger partial charge in [0.1, 0.15) is 5.84 Å². The Morgan fingerprint density at radius 1 is 1.58 bits per heavy atom. The number of amidine groups is 1. The van der Waals surface area contributed by atoms with Crippen LogP contribution in [0.5, 0.6) is 0 Å². The third kappa shape index (κ3) is 3.04. The van der Waals surface area contributed by atoms with Gasteiger partial charge >= 0.3 is 0 Å². The Balaban J connectivity index is 2.55. The first kappa shape index (κ1) is 13.8. The highest BCUT2D eigenvalue weighted by Gasteiger charge is 2.20. The number of rotatable bonds is 2. The first-order valence-corrected chi connectivity index (χ1v) is 6.63. The van der Waals surface area contributed by atoms with Gasteiger partial charge in [0.05, 0.1) is 24.4 Å². The number of nitrogens with zero attached hydrogens (tertiary/aromatic N) is 3. The van der Waals surface area contributed by atoms with Crippen LogP contribution in [0, 0.1) is 0 Å². The molecule has 1 aliphatic heterocycles. The summed E-state index contributed by atoms with van der Waals surface area (Å²) in [7, 11) is 0. The number of aryl methyl sites for hydroxylation is 1. The SMILES string of the molecule is CCc1nn(/C=C(/C)Cl)c2c1CC(=O)NC(C)=NC2. The molecule has 0 atom stereocenters. The molecule has 0 fully saturated rings. The van der Waals surface area contributed by atoms with Crippen LogP contribution >= 0.6 is 11.6 Å². The lowest BCUT2D eigenvalue weighted by Gasteiger charge is -2.11. The maximum absolute atomic E-state index is 11.8. The topological polar surface area (TPSA) is 59.3 Å². The Hall–Kier alpha value is -1.62. The molecule has 0 spiro atoms. The summed E-state index contributed by atoms with van der Waals surface area (Å²) < 4.78 is 1.74. The number of halogens is 1. The zero-order chi connectivity index (χ0) is 14.0. The van der Waals surface area contributed by atoms with Gasteiger partial charge in [-0.15, -0.1) is 0 Å². The second-order valence-electron chi connectivity index (χ2n) is 4.51. The molecule has 0 aromatic carbocycles.